The van der Waals surface area contributed by atoms with Crippen molar-refractivity contribution in [1.29, 1.82) is 5.26 Å². The van der Waals surface area contributed by atoms with E-state index in [1.807, 2.05) is 6.07 Å². The van der Waals surface area contributed by atoms with Gasteiger partial charge >= 0.3 is 0 Å². The van der Waals surface area contributed by atoms with Gasteiger partial charge in [-0.15, -0.1) is 0 Å². The number of aromatic nitrogens is 1. The number of anilines is 1. The van der Waals surface area contributed by atoms with E-state index >= 15 is 0 Å². The minimum atomic E-state index is 0.0916. The van der Waals surface area contributed by atoms with Crippen LogP contribution in [-0.2, 0) is 4.79 Å². The van der Waals surface area contributed by atoms with Crippen LogP contribution in [0.1, 0.15) is 64.1 Å². The van der Waals surface area contributed by atoms with Crippen LogP contribution in [0.5, 0.6) is 0 Å². The van der Waals surface area contributed by atoms with Gasteiger partial charge in [0, 0.05) is 49.6 Å². The second-order valence-electron chi connectivity index (χ2n) is 10.1. The molecule has 3 aliphatic rings. The molecule has 4 heterocycles. The average Bonchev–Trinajstić information content (AvgIpc) is 3.48. The third kappa shape index (κ3) is 5.20. The number of hydrogen-bond acceptors (Lipinski definition) is 6. The number of nitriles is 1. The zero-order chi connectivity index (χ0) is 22.9. The van der Waals surface area contributed by atoms with Crippen LogP contribution < -0.4 is 10.6 Å². The zero-order valence-corrected chi connectivity index (χ0v) is 20.7. The lowest BCUT2D eigenvalue weighted by atomic mass is 9.81. The van der Waals surface area contributed by atoms with Gasteiger partial charge in [0.05, 0.1) is 10.7 Å². The Morgan fingerprint density at radius 3 is 2.85 bits per heavy atom. The second-order valence-corrected chi connectivity index (χ2v) is 10.9. The molecule has 0 aromatic carbocycles. The van der Waals surface area contributed by atoms with Gasteiger partial charge in [-0.05, 0) is 79.1 Å². The van der Waals surface area contributed by atoms with Crippen molar-refractivity contribution in [3.05, 3.63) is 22.5 Å². The molecule has 2 saturated heterocycles. The predicted octanol–water partition coefficient (Wildman–Crippen LogP) is 4.81. The molecule has 2 aliphatic heterocycles. The Balaban J connectivity index is 1.09. The van der Waals surface area contributed by atoms with Gasteiger partial charge in [0.15, 0.2) is 5.58 Å². The molecular formula is C25H32BrN5O2. The molecule has 2 aromatic rings. The van der Waals surface area contributed by atoms with Crippen molar-refractivity contribution in [2.75, 3.05) is 18.4 Å². The van der Waals surface area contributed by atoms with Gasteiger partial charge < -0.3 is 15.1 Å². The number of carbonyl (C=O) groups excluding carboxylic acids is 1. The monoisotopic (exact) mass is 513 g/mol. The van der Waals surface area contributed by atoms with E-state index in [4.69, 9.17) is 9.68 Å². The number of piperidine rings is 1. The van der Waals surface area contributed by atoms with Crippen molar-refractivity contribution in [2.45, 2.75) is 76.4 Å². The Morgan fingerprint density at radius 1 is 1.27 bits per heavy atom. The lowest BCUT2D eigenvalue weighted by Gasteiger charge is -2.33. The number of rotatable bonds is 7. The minimum absolute atomic E-state index is 0.0916. The first-order valence-electron chi connectivity index (χ1n) is 12.2. The van der Waals surface area contributed by atoms with Gasteiger partial charge in [0.2, 0.25) is 11.7 Å². The first-order chi connectivity index (χ1) is 16.0. The minimum Gasteiger partial charge on any atom is -0.444 e. The molecule has 7 nitrogen and oxygen atoms in total. The van der Waals surface area contributed by atoms with Gasteiger partial charge in [-0.3, -0.25) is 9.69 Å². The topological polar surface area (TPSA) is 94.0 Å². The van der Waals surface area contributed by atoms with Gasteiger partial charge in [0.1, 0.15) is 11.9 Å². The Hall–Kier alpha value is -2.11. The molecule has 0 radical (unpaired) electrons. The smallest absolute Gasteiger partial charge is 0.216 e. The number of halogens is 1. The third-order valence-corrected chi connectivity index (χ3v) is 8.60. The summed E-state index contributed by atoms with van der Waals surface area (Å²) in [6.07, 6.45) is 11.6. The Labute approximate surface area is 203 Å². The molecule has 0 bridgehead atoms. The predicted molar refractivity (Wildman–Crippen MR) is 131 cm³/mol. The van der Waals surface area contributed by atoms with Gasteiger partial charge in [-0.2, -0.15) is 5.26 Å². The van der Waals surface area contributed by atoms with Gasteiger partial charge in [-0.1, -0.05) is 0 Å². The SMILES string of the molecule is CC(=O)NC[C@H]1C[C@H](CCC2CCC(Nc3ncc4oc(C#N)cc4c3Br)CC2)N2C[C@@H]2C1. The van der Waals surface area contributed by atoms with Gasteiger partial charge in [0.25, 0.3) is 0 Å². The van der Waals surface area contributed by atoms with Crippen molar-refractivity contribution >= 4 is 38.6 Å². The molecule has 1 saturated carbocycles. The molecule has 1 aliphatic carbocycles. The molecule has 1 amide bonds. The fourth-order valence-corrected chi connectivity index (χ4v) is 6.47. The molecule has 4 atom stereocenters. The van der Waals surface area contributed by atoms with Crippen molar-refractivity contribution in [2.24, 2.45) is 11.8 Å². The van der Waals surface area contributed by atoms with Crippen LogP contribution in [0.4, 0.5) is 5.82 Å². The standard InChI is InChI=1S/C25H32BrN5O2/c1-15(32)28-12-17-8-19(31-14-20(31)9-17)7-4-16-2-5-18(6-3-16)30-25-24(26)22-10-21(11-27)33-23(22)13-29-25/h10,13,16-20H,2-9,12,14H2,1H3,(H,28,32)(H,29,30)/t16?,17-,18?,19-,20-,31?/m0/s1. The van der Waals surface area contributed by atoms with Crippen LogP contribution in [0.25, 0.3) is 11.0 Å². The summed E-state index contributed by atoms with van der Waals surface area (Å²) in [6.45, 7) is 3.72. The van der Waals surface area contributed by atoms with Crippen LogP contribution in [0.3, 0.4) is 0 Å². The van der Waals surface area contributed by atoms with Crippen LogP contribution in [-0.4, -0.2) is 47.0 Å². The van der Waals surface area contributed by atoms with Crippen LogP contribution in [0.15, 0.2) is 21.2 Å². The molecule has 0 spiro atoms. The van der Waals surface area contributed by atoms with Crippen molar-refractivity contribution in [3.63, 3.8) is 0 Å². The van der Waals surface area contributed by atoms with E-state index in [1.165, 1.54) is 45.1 Å². The summed E-state index contributed by atoms with van der Waals surface area (Å²) in [5, 5.41) is 16.6. The second kappa shape index (κ2) is 9.63. The summed E-state index contributed by atoms with van der Waals surface area (Å²) in [6, 6.07) is 5.71. The van der Waals surface area contributed by atoms with E-state index in [0.29, 0.717) is 29.3 Å². The number of fused-ring (bicyclic) bond motifs is 2. The highest BCUT2D eigenvalue weighted by molar-refractivity contribution is 9.10. The van der Waals surface area contributed by atoms with E-state index in [1.54, 1.807) is 19.2 Å². The maximum atomic E-state index is 11.3. The van der Waals surface area contributed by atoms with E-state index < -0.39 is 0 Å². The molecule has 1 unspecified atom stereocenters. The fourth-order valence-electron chi connectivity index (χ4n) is 5.95. The third-order valence-electron chi connectivity index (χ3n) is 7.80. The van der Waals surface area contributed by atoms with E-state index in [9.17, 15) is 4.79 Å². The quantitative estimate of drug-likeness (QED) is 0.515. The summed E-state index contributed by atoms with van der Waals surface area (Å²) >= 11 is 3.64. The van der Waals surface area contributed by atoms with E-state index in [2.05, 4.69) is 36.4 Å². The first-order valence-corrected chi connectivity index (χ1v) is 13.0. The highest BCUT2D eigenvalue weighted by atomic mass is 79.9. The maximum Gasteiger partial charge on any atom is 0.216 e. The molecule has 5 rings (SSSR count). The number of carbonyl (C=O) groups is 1. The summed E-state index contributed by atoms with van der Waals surface area (Å²) < 4.78 is 6.34. The Morgan fingerprint density at radius 2 is 2.09 bits per heavy atom. The molecule has 3 fully saturated rings. The van der Waals surface area contributed by atoms with E-state index in [0.717, 1.165) is 47.0 Å². The zero-order valence-electron chi connectivity index (χ0n) is 19.1. The summed E-state index contributed by atoms with van der Waals surface area (Å²) in [5.41, 5.74) is 0.628. The summed E-state index contributed by atoms with van der Waals surface area (Å²) in [4.78, 5) is 18.5. The number of furan rings is 1. The number of amides is 1. The number of nitrogens with one attached hydrogen (secondary N) is 2. The average molecular weight is 514 g/mol. The molecule has 176 valence electrons. The van der Waals surface area contributed by atoms with Crippen molar-refractivity contribution in [3.8, 4) is 6.07 Å². The fraction of sp³-hybridized carbons (Fsp3) is 0.640. The largest absolute Gasteiger partial charge is 0.444 e. The van der Waals surface area contributed by atoms with Crippen LogP contribution in [0, 0.1) is 23.2 Å². The summed E-state index contributed by atoms with van der Waals surface area (Å²) in [7, 11) is 0. The number of pyridine rings is 1. The van der Waals surface area contributed by atoms with Crippen LogP contribution >= 0.6 is 15.9 Å². The summed E-state index contributed by atoms with van der Waals surface area (Å²) in [5.74, 6) is 2.68. The Kier molecular flexibility index (Phi) is 6.62. The maximum absolute atomic E-state index is 11.3. The number of hydrogen-bond donors (Lipinski definition) is 2. The first kappa shape index (κ1) is 22.7. The Bertz CT molecular complexity index is 1050. The number of nitrogens with zero attached hydrogens (tertiary/aromatic N) is 3. The van der Waals surface area contributed by atoms with Gasteiger partial charge in [-0.25, -0.2) is 4.98 Å². The van der Waals surface area contributed by atoms with Crippen molar-refractivity contribution in [1.82, 2.24) is 15.2 Å². The molecular weight excluding hydrogens is 482 g/mol. The van der Waals surface area contributed by atoms with Crippen molar-refractivity contribution < 1.29 is 9.21 Å². The lowest BCUT2D eigenvalue weighted by molar-refractivity contribution is -0.119. The van der Waals surface area contributed by atoms with E-state index in [-0.39, 0.29) is 5.91 Å². The molecule has 8 heteroatoms. The lowest BCUT2D eigenvalue weighted by Crippen LogP contribution is -2.36. The normalized spacial score (nSPS) is 30.9. The molecule has 33 heavy (non-hydrogen) atoms. The van der Waals surface area contributed by atoms with Crippen LogP contribution in [0.2, 0.25) is 0 Å². The highest BCUT2D eigenvalue weighted by Gasteiger charge is 2.45. The molecule has 2 aromatic heterocycles. The molecule has 2 N–H and O–H groups in total. The highest BCUT2D eigenvalue weighted by Crippen LogP contribution is 2.40.